The van der Waals surface area contributed by atoms with Crippen LogP contribution in [0.2, 0.25) is 5.02 Å². The molecule has 1 fully saturated rings. The maximum Gasteiger partial charge on any atom is 0.335 e. The summed E-state index contributed by atoms with van der Waals surface area (Å²) in [5.41, 5.74) is 1.71. The SMILES string of the molecule is CC(=O)N1CCC(CCC(NC(=O)C=Cc2cc(Cl)ccc2-n2cnnn2)C(=O)Nc2ccc(C(=O)O)cc2)CC1. The second kappa shape index (κ2) is 13.7. The second-order valence-electron chi connectivity index (χ2n) is 9.75. The normalized spacial score (nSPS) is 14.5. The number of nitrogens with zero attached hydrogens (tertiary/aromatic N) is 5. The Balaban J connectivity index is 1.45. The first-order valence-electron chi connectivity index (χ1n) is 13.1. The summed E-state index contributed by atoms with van der Waals surface area (Å²) in [6.07, 6.45) is 7.02. The van der Waals surface area contributed by atoms with Gasteiger partial charge in [0.2, 0.25) is 17.7 Å². The first-order chi connectivity index (χ1) is 19.7. The lowest BCUT2D eigenvalue weighted by atomic mass is 9.90. The number of anilines is 1. The number of aromatic carboxylic acids is 1. The molecule has 4 rings (SSSR count). The van der Waals surface area contributed by atoms with E-state index in [1.165, 1.54) is 41.4 Å². The van der Waals surface area contributed by atoms with Gasteiger partial charge in [-0.2, -0.15) is 4.68 Å². The molecule has 3 N–H and O–H groups in total. The van der Waals surface area contributed by atoms with Crippen molar-refractivity contribution in [1.82, 2.24) is 30.4 Å². The van der Waals surface area contributed by atoms with Gasteiger partial charge in [0.15, 0.2) is 0 Å². The van der Waals surface area contributed by atoms with Crippen LogP contribution in [-0.2, 0) is 14.4 Å². The Labute approximate surface area is 241 Å². The standard InChI is InChI=1S/C28H30ClN7O5/c1-18(37)35-14-12-19(13-15-35)2-9-24(27(39)31-23-7-3-20(4-8-23)28(40)41)32-26(38)11-5-21-16-22(29)6-10-25(21)36-17-30-33-34-36/h3-8,10-11,16-17,19,24H,2,9,12-15H2,1H3,(H,31,39)(H,32,38)(H,40,41). The summed E-state index contributed by atoms with van der Waals surface area (Å²) in [7, 11) is 0. The van der Waals surface area contributed by atoms with Gasteiger partial charge in [-0.15, -0.1) is 5.10 Å². The van der Waals surface area contributed by atoms with Crippen LogP contribution in [0.25, 0.3) is 11.8 Å². The largest absolute Gasteiger partial charge is 0.478 e. The fraction of sp³-hybridized carbons (Fsp3) is 0.321. The van der Waals surface area contributed by atoms with Gasteiger partial charge >= 0.3 is 5.97 Å². The Kier molecular flexibility index (Phi) is 9.80. The monoisotopic (exact) mass is 579 g/mol. The van der Waals surface area contributed by atoms with Crippen molar-refractivity contribution < 1.29 is 24.3 Å². The number of rotatable bonds is 10. The Bertz CT molecular complexity index is 1420. The highest BCUT2D eigenvalue weighted by Gasteiger charge is 2.25. The number of nitrogens with one attached hydrogen (secondary N) is 2. The molecule has 214 valence electrons. The van der Waals surface area contributed by atoms with Gasteiger partial charge < -0.3 is 20.6 Å². The summed E-state index contributed by atoms with van der Waals surface area (Å²) < 4.78 is 1.44. The zero-order chi connectivity index (χ0) is 29.4. The van der Waals surface area contributed by atoms with Crippen molar-refractivity contribution in [3.05, 3.63) is 71.0 Å². The molecule has 2 aromatic carbocycles. The number of hydrogen-bond donors (Lipinski definition) is 3. The van der Waals surface area contributed by atoms with E-state index in [9.17, 15) is 19.2 Å². The molecule has 1 aliphatic rings. The van der Waals surface area contributed by atoms with Crippen molar-refractivity contribution in [1.29, 1.82) is 0 Å². The molecule has 12 nitrogen and oxygen atoms in total. The van der Waals surface area contributed by atoms with Gasteiger partial charge in [0.25, 0.3) is 0 Å². The minimum atomic E-state index is -1.07. The molecule has 2 heterocycles. The van der Waals surface area contributed by atoms with Gasteiger partial charge in [-0.3, -0.25) is 14.4 Å². The molecule has 1 atom stereocenters. The highest BCUT2D eigenvalue weighted by molar-refractivity contribution is 6.30. The molecule has 0 saturated carbocycles. The predicted molar refractivity (Wildman–Crippen MR) is 151 cm³/mol. The molecule has 1 aromatic heterocycles. The molecule has 0 radical (unpaired) electrons. The Morgan fingerprint density at radius 3 is 2.49 bits per heavy atom. The minimum absolute atomic E-state index is 0.0524. The third kappa shape index (κ3) is 8.21. The summed E-state index contributed by atoms with van der Waals surface area (Å²) in [4.78, 5) is 50.8. The predicted octanol–water partition coefficient (Wildman–Crippen LogP) is 3.19. The molecule has 0 bridgehead atoms. The lowest BCUT2D eigenvalue weighted by Gasteiger charge is -2.32. The average molecular weight is 580 g/mol. The second-order valence-corrected chi connectivity index (χ2v) is 10.2. The molecule has 41 heavy (non-hydrogen) atoms. The number of carbonyl (C=O) groups excluding carboxylic acids is 3. The summed E-state index contributed by atoms with van der Waals surface area (Å²) >= 11 is 6.16. The summed E-state index contributed by atoms with van der Waals surface area (Å²) in [5, 5.41) is 26.3. The van der Waals surface area contributed by atoms with E-state index in [0.29, 0.717) is 53.8 Å². The molecule has 3 aromatic rings. The Morgan fingerprint density at radius 2 is 1.85 bits per heavy atom. The van der Waals surface area contributed by atoms with Crippen molar-refractivity contribution in [2.24, 2.45) is 5.92 Å². The van der Waals surface area contributed by atoms with E-state index in [2.05, 4.69) is 26.2 Å². The number of tetrazole rings is 1. The number of hydrogen-bond acceptors (Lipinski definition) is 7. The maximum absolute atomic E-state index is 13.2. The van der Waals surface area contributed by atoms with Gasteiger partial charge in [0.05, 0.1) is 11.3 Å². The number of likely N-dealkylation sites (tertiary alicyclic amines) is 1. The van der Waals surface area contributed by atoms with Crippen LogP contribution in [0, 0.1) is 5.92 Å². The summed E-state index contributed by atoms with van der Waals surface area (Å²) in [5.74, 6) is -1.61. The van der Waals surface area contributed by atoms with Crippen molar-refractivity contribution in [2.45, 2.75) is 38.6 Å². The minimum Gasteiger partial charge on any atom is -0.478 e. The van der Waals surface area contributed by atoms with E-state index in [1.807, 2.05) is 4.90 Å². The molecule has 13 heteroatoms. The molecule has 1 unspecified atom stereocenters. The summed E-state index contributed by atoms with van der Waals surface area (Å²) in [6, 6.07) is 10.00. The van der Waals surface area contributed by atoms with Crippen LogP contribution in [0.3, 0.4) is 0 Å². The van der Waals surface area contributed by atoms with Crippen LogP contribution in [-0.4, -0.2) is 73.0 Å². The third-order valence-electron chi connectivity index (χ3n) is 6.96. The fourth-order valence-corrected chi connectivity index (χ4v) is 4.84. The molecule has 0 aliphatic carbocycles. The van der Waals surface area contributed by atoms with Crippen LogP contribution < -0.4 is 10.6 Å². The number of amides is 3. The highest BCUT2D eigenvalue weighted by atomic mass is 35.5. The van der Waals surface area contributed by atoms with Crippen LogP contribution >= 0.6 is 11.6 Å². The highest BCUT2D eigenvalue weighted by Crippen LogP contribution is 2.24. The van der Waals surface area contributed by atoms with Gasteiger partial charge in [-0.05, 0) is 90.6 Å². The van der Waals surface area contributed by atoms with Crippen LogP contribution in [0.15, 0.2) is 54.9 Å². The van der Waals surface area contributed by atoms with Gasteiger partial charge in [-0.25, -0.2) is 4.79 Å². The van der Waals surface area contributed by atoms with E-state index < -0.39 is 23.8 Å². The van der Waals surface area contributed by atoms with Gasteiger partial charge in [0.1, 0.15) is 12.4 Å². The van der Waals surface area contributed by atoms with Crippen LogP contribution in [0.4, 0.5) is 5.69 Å². The third-order valence-corrected chi connectivity index (χ3v) is 7.19. The lowest BCUT2D eigenvalue weighted by Crippen LogP contribution is -2.44. The van der Waals surface area contributed by atoms with Crippen molar-refractivity contribution in [3.63, 3.8) is 0 Å². The number of carbonyl (C=O) groups is 4. The van der Waals surface area contributed by atoms with Gasteiger partial charge in [0, 0.05) is 42.4 Å². The van der Waals surface area contributed by atoms with Crippen molar-refractivity contribution in [3.8, 4) is 5.69 Å². The van der Waals surface area contributed by atoms with Crippen LogP contribution in [0.5, 0.6) is 0 Å². The number of halogens is 1. The van der Waals surface area contributed by atoms with E-state index in [0.717, 1.165) is 12.8 Å². The zero-order valence-electron chi connectivity index (χ0n) is 22.4. The Hall–Kier alpha value is -4.58. The van der Waals surface area contributed by atoms with E-state index >= 15 is 0 Å². The first kappa shape index (κ1) is 29.4. The Morgan fingerprint density at radius 1 is 1.12 bits per heavy atom. The smallest absolute Gasteiger partial charge is 0.335 e. The average Bonchev–Trinajstić information content (AvgIpc) is 3.49. The number of aromatic nitrogens is 4. The van der Waals surface area contributed by atoms with E-state index in [4.69, 9.17) is 16.7 Å². The first-order valence-corrected chi connectivity index (χ1v) is 13.5. The molecular weight excluding hydrogens is 550 g/mol. The molecular formula is C28H30ClN7O5. The summed E-state index contributed by atoms with van der Waals surface area (Å²) in [6.45, 7) is 2.90. The molecule has 1 saturated heterocycles. The molecule has 1 aliphatic heterocycles. The molecule has 0 spiro atoms. The zero-order valence-corrected chi connectivity index (χ0v) is 23.1. The topological polar surface area (TPSA) is 159 Å². The number of benzene rings is 2. The van der Waals surface area contributed by atoms with E-state index in [-0.39, 0.29) is 11.5 Å². The quantitative estimate of drug-likeness (QED) is 0.309. The molecule has 3 amide bonds. The maximum atomic E-state index is 13.2. The number of carboxylic acid groups (broad SMARTS) is 1. The number of piperidine rings is 1. The lowest BCUT2D eigenvalue weighted by molar-refractivity contribution is -0.130. The number of carboxylic acids is 1. The van der Waals surface area contributed by atoms with Crippen molar-refractivity contribution in [2.75, 3.05) is 18.4 Å². The van der Waals surface area contributed by atoms with Gasteiger partial charge in [-0.1, -0.05) is 11.6 Å². The van der Waals surface area contributed by atoms with Crippen molar-refractivity contribution >= 4 is 47.1 Å². The van der Waals surface area contributed by atoms with E-state index in [1.54, 1.807) is 31.2 Å². The van der Waals surface area contributed by atoms with Crippen LogP contribution in [0.1, 0.15) is 48.5 Å². The fourth-order valence-electron chi connectivity index (χ4n) is 4.66.